The van der Waals surface area contributed by atoms with Crippen LogP contribution in [-0.4, -0.2) is 17.8 Å². The molecule has 0 saturated carbocycles. The lowest BCUT2D eigenvalue weighted by atomic mass is 10.1. The Balaban J connectivity index is 1.57. The molecule has 0 unspecified atom stereocenters. The lowest BCUT2D eigenvalue weighted by Crippen LogP contribution is -2.54. The number of halogens is 2. The van der Waals surface area contributed by atoms with Crippen molar-refractivity contribution in [1.82, 2.24) is 5.32 Å². The van der Waals surface area contributed by atoms with E-state index in [1.807, 2.05) is 19.1 Å². The van der Waals surface area contributed by atoms with Crippen molar-refractivity contribution in [2.75, 3.05) is 4.90 Å². The van der Waals surface area contributed by atoms with Crippen LogP contribution < -0.4 is 15.0 Å². The highest BCUT2D eigenvalue weighted by molar-refractivity contribution is 9.10. The van der Waals surface area contributed by atoms with E-state index in [2.05, 4.69) is 34.2 Å². The summed E-state index contributed by atoms with van der Waals surface area (Å²) in [6.07, 6.45) is 1.41. The predicted molar refractivity (Wildman–Crippen MR) is 140 cm³/mol. The van der Waals surface area contributed by atoms with Crippen molar-refractivity contribution >= 4 is 57.1 Å². The maximum absolute atomic E-state index is 13.2. The Kier molecular flexibility index (Phi) is 7.10. The molecule has 0 aromatic heterocycles. The summed E-state index contributed by atoms with van der Waals surface area (Å²) in [6, 6.07) is 15.4. The monoisotopic (exact) mass is 552 g/mol. The van der Waals surface area contributed by atoms with E-state index in [-0.39, 0.29) is 5.57 Å². The zero-order valence-corrected chi connectivity index (χ0v) is 21.7. The molecule has 4 amide bonds. The molecule has 1 N–H and O–H groups in total. The molecule has 1 saturated heterocycles. The Hall–Kier alpha value is -3.42. The third-order valence-electron chi connectivity index (χ3n) is 5.73. The molecule has 0 bridgehead atoms. The summed E-state index contributed by atoms with van der Waals surface area (Å²) in [6.45, 7) is 6.22. The third-order valence-corrected chi connectivity index (χ3v) is 6.52. The smallest absolute Gasteiger partial charge is 0.335 e. The Morgan fingerprint density at radius 1 is 0.943 bits per heavy atom. The first kappa shape index (κ1) is 24.7. The zero-order chi connectivity index (χ0) is 25.3. The second-order valence-electron chi connectivity index (χ2n) is 8.29. The van der Waals surface area contributed by atoms with E-state index in [0.29, 0.717) is 34.2 Å². The molecule has 6 nitrogen and oxygen atoms in total. The normalized spacial score (nSPS) is 14.9. The van der Waals surface area contributed by atoms with E-state index in [0.717, 1.165) is 14.9 Å². The highest BCUT2D eigenvalue weighted by Crippen LogP contribution is 2.30. The molecule has 0 atom stereocenters. The van der Waals surface area contributed by atoms with Crippen LogP contribution in [0.4, 0.5) is 10.5 Å². The number of benzene rings is 3. The van der Waals surface area contributed by atoms with E-state index in [9.17, 15) is 14.4 Å². The molecular formula is C27H22BrClN2O4. The number of amides is 4. The minimum atomic E-state index is -0.796. The van der Waals surface area contributed by atoms with Crippen LogP contribution in [0.1, 0.15) is 27.8 Å². The summed E-state index contributed by atoms with van der Waals surface area (Å²) in [5.41, 5.74) is 4.85. The highest BCUT2D eigenvalue weighted by atomic mass is 79.9. The van der Waals surface area contributed by atoms with Gasteiger partial charge in [0.05, 0.1) is 10.7 Å². The van der Waals surface area contributed by atoms with Gasteiger partial charge in [-0.05, 0) is 85.0 Å². The summed E-state index contributed by atoms with van der Waals surface area (Å²) < 4.78 is 6.67. The van der Waals surface area contributed by atoms with Gasteiger partial charge < -0.3 is 4.74 Å². The number of nitrogens with zero attached hydrogens (tertiary/aromatic N) is 1. The SMILES string of the molecule is Cc1ccc(COc2ccc(/C=C3/C(=O)NC(=O)N(c4ccc(Br)cc4C)C3=O)cc2Cl)cc1C. The zero-order valence-electron chi connectivity index (χ0n) is 19.3. The first-order chi connectivity index (χ1) is 16.6. The van der Waals surface area contributed by atoms with Crippen molar-refractivity contribution in [3.63, 3.8) is 0 Å². The topological polar surface area (TPSA) is 75.7 Å². The van der Waals surface area contributed by atoms with Crippen LogP contribution in [0.2, 0.25) is 5.02 Å². The number of imide groups is 2. The fourth-order valence-electron chi connectivity index (χ4n) is 3.69. The van der Waals surface area contributed by atoms with Crippen LogP contribution in [0.5, 0.6) is 5.75 Å². The van der Waals surface area contributed by atoms with Gasteiger partial charge in [0, 0.05) is 4.47 Å². The molecular weight excluding hydrogens is 532 g/mol. The van der Waals surface area contributed by atoms with Crippen LogP contribution >= 0.6 is 27.5 Å². The van der Waals surface area contributed by atoms with Gasteiger partial charge >= 0.3 is 6.03 Å². The predicted octanol–water partition coefficient (Wildman–Crippen LogP) is 6.27. The number of barbiturate groups is 1. The molecule has 178 valence electrons. The maximum atomic E-state index is 13.2. The summed E-state index contributed by atoms with van der Waals surface area (Å²) >= 11 is 9.78. The first-order valence-corrected chi connectivity index (χ1v) is 12.0. The third kappa shape index (κ3) is 5.31. The van der Waals surface area contributed by atoms with Crippen LogP contribution in [0, 0.1) is 20.8 Å². The number of hydrogen-bond acceptors (Lipinski definition) is 4. The van der Waals surface area contributed by atoms with Gasteiger partial charge in [-0.2, -0.15) is 0 Å². The van der Waals surface area contributed by atoms with Crippen molar-refractivity contribution in [3.05, 3.63) is 97.5 Å². The van der Waals surface area contributed by atoms with Crippen LogP contribution in [0.15, 0.2) is 64.6 Å². The number of aryl methyl sites for hydroxylation is 3. The molecule has 0 spiro atoms. The summed E-state index contributed by atoms with van der Waals surface area (Å²) in [5, 5.41) is 2.57. The summed E-state index contributed by atoms with van der Waals surface area (Å²) in [7, 11) is 0. The summed E-state index contributed by atoms with van der Waals surface area (Å²) in [4.78, 5) is 39.1. The van der Waals surface area contributed by atoms with E-state index in [4.69, 9.17) is 16.3 Å². The molecule has 1 heterocycles. The van der Waals surface area contributed by atoms with Crippen molar-refractivity contribution in [1.29, 1.82) is 0 Å². The van der Waals surface area contributed by atoms with Crippen molar-refractivity contribution in [3.8, 4) is 5.75 Å². The number of nitrogens with one attached hydrogen (secondary N) is 1. The second kappa shape index (κ2) is 10.1. The van der Waals surface area contributed by atoms with Gasteiger partial charge in [-0.15, -0.1) is 0 Å². The van der Waals surface area contributed by atoms with E-state index in [1.165, 1.54) is 17.2 Å². The fraction of sp³-hybridized carbons (Fsp3) is 0.148. The van der Waals surface area contributed by atoms with Crippen LogP contribution in [0.25, 0.3) is 6.08 Å². The van der Waals surface area contributed by atoms with Crippen molar-refractivity contribution in [2.24, 2.45) is 0 Å². The Bertz CT molecular complexity index is 1400. The van der Waals surface area contributed by atoms with Crippen molar-refractivity contribution in [2.45, 2.75) is 27.4 Å². The largest absolute Gasteiger partial charge is 0.487 e. The van der Waals surface area contributed by atoms with Gasteiger partial charge in [0.15, 0.2) is 0 Å². The minimum absolute atomic E-state index is 0.174. The van der Waals surface area contributed by atoms with Crippen molar-refractivity contribution < 1.29 is 19.1 Å². The molecule has 8 heteroatoms. The Morgan fingerprint density at radius 3 is 2.40 bits per heavy atom. The molecule has 0 aliphatic carbocycles. The second-order valence-corrected chi connectivity index (χ2v) is 9.61. The molecule has 1 aliphatic heterocycles. The van der Waals surface area contributed by atoms with Gasteiger partial charge in [-0.25, -0.2) is 9.69 Å². The summed E-state index contributed by atoms with van der Waals surface area (Å²) in [5.74, 6) is -0.999. The number of anilines is 1. The van der Waals surface area contributed by atoms with Gasteiger partial charge in [0.2, 0.25) is 0 Å². The molecule has 35 heavy (non-hydrogen) atoms. The highest BCUT2D eigenvalue weighted by Gasteiger charge is 2.37. The van der Waals surface area contributed by atoms with Gasteiger partial charge in [-0.3, -0.25) is 14.9 Å². The molecule has 3 aromatic carbocycles. The molecule has 3 aromatic rings. The van der Waals surface area contributed by atoms with Gasteiger partial charge in [0.1, 0.15) is 17.9 Å². The quantitative estimate of drug-likeness (QED) is 0.298. The average Bonchev–Trinajstić information content (AvgIpc) is 2.79. The molecule has 4 rings (SSSR count). The van der Waals surface area contributed by atoms with Gasteiger partial charge in [0.25, 0.3) is 11.8 Å². The number of carbonyl (C=O) groups excluding carboxylic acids is 3. The lowest BCUT2D eigenvalue weighted by Gasteiger charge is -2.27. The lowest BCUT2D eigenvalue weighted by molar-refractivity contribution is -0.122. The first-order valence-electron chi connectivity index (χ1n) is 10.8. The fourth-order valence-corrected chi connectivity index (χ4v) is 4.41. The molecule has 0 radical (unpaired) electrons. The van der Waals surface area contributed by atoms with Crippen LogP contribution in [-0.2, 0) is 16.2 Å². The molecule has 1 aliphatic rings. The van der Waals surface area contributed by atoms with E-state index < -0.39 is 17.8 Å². The standard InChI is InChI=1S/C27H22BrClN2O4/c1-15-4-5-19(10-16(15)2)14-35-24-9-6-18(13-22(24)29)12-21-25(32)30-27(34)31(26(21)33)23-8-7-20(28)11-17(23)3/h4-13H,14H2,1-3H3,(H,30,32,34)/b21-12-. The van der Waals surface area contributed by atoms with Crippen LogP contribution in [0.3, 0.4) is 0 Å². The minimum Gasteiger partial charge on any atom is -0.487 e. The number of hydrogen-bond donors (Lipinski definition) is 1. The van der Waals surface area contributed by atoms with E-state index in [1.54, 1.807) is 43.3 Å². The Morgan fingerprint density at radius 2 is 1.71 bits per heavy atom. The number of carbonyl (C=O) groups is 3. The molecule has 1 fully saturated rings. The average molecular weight is 554 g/mol. The van der Waals surface area contributed by atoms with Gasteiger partial charge in [-0.1, -0.05) is 51.8 Å². The number of ether oxygens (including phenoxy) is 1. The Labute approximate surface area is 216 Å². The number of urea groups is 1. The number of rotatable bonds is 5. The maximum Gasteiger partial charge on any atom is 0.335 e. The van der Waals surface area contributed by atoms with E-state index >= 15 is 0 Å².